The second-order valence-corrected chi connectivity index (χ2v) is 11.4. The minimum Gasteiger partial charge on any atom is -0.463 e. The number of carbonyl (C=O) groups excluding carboxylic acids is 1. The molecule has 3 N–H and O–H groups in total. The van der Waals surface area contributed by atoms with Crippen molar-refractivity contribution in [2.45, 2.75) is 39.8 Å². The molecule has 8 nitrogen and oxygen atoms in total. The van der Waals surface area contributed by atoms with E-state index >= 15 is 0 Å². The number of alkyl halides is 1. The van der Waals surface area contributed by atoms with Crippen LogP contribution in [-0.2, 0) is 22.4 Å². The van der Waals surface area contributed by atoms with Gasteiger partial charge in [0.05, 0.1) is 39.2 Å². The first kappa shape index (κ1) is 41.8. The van der Waals surface area contributed by atoms with E-state index in [0.717, 1.165) is 28.7 Å². The Bertz CT molecular complexity index is 1560. The van der Waals surface area contributed by atoms with Crippen LogP contribution in [0.3, 0.4) is 0 Å². The van der Waals surface area contributed by atoms with Gasteiger partial charge < -0.3 is 15.8 Å². The first-order valence-corrected chi connectivity index (χ1v) is 15.8. The molecule has 252 valence electrons. The summed E-state index contributed by atoms with van der Waals surface area (Å²) in [5.41, 5.74) is 10.2. The van der Waals surface area contributed by atoms with Crippen molar-refractivity contribution in [2.24, 2.45) is 15.7 Å². The predicted molar refractivity (Wildman–Crippen MR) is 197 cm³/mol. The van der Waals surface area contributed by atoms with Crippen LogP contribution in [0.1, 0.15) is 49.2 Å². The standard InChI is InChI=1S/C16H15Cl2N3O.C13H12Cl2N2.C3H4ClNO.2CH4/c17-13-3-1-2-12(15(13)18)14(21-16-20-8-9-22-16)10-11-4-6-19-7-5-11;14-11-3-1-2-10(13(11)15)12(16)8-9-4-6-17-7-5-9;4-1-2-5-3-6;;/h1-7,14H,8-10H2,(H,20,21);1-7,12H,8,16H2;1-2H2;2*1H4. The maximum absolute atomic E-state index is 9.21. The van der Waals surface area contributed by atoms with E-state index in [9.17, 15) is 4.79 Å². The minimum absolute atomic E-state index is 0. The Morgan fingerprint density at radius 2 is 1.36 bits per heavy atom. The largest absolute Gasteiger partial charge is 0.463 e. The number of benzene rings is 2. The Morgan fingerprint density at radius 3 is 1.85 bits per heavy atom. The zero-order chi connectivity index (χ0) is 32.4. The van der Waals surface area contributed by atoms with Gasteiger partial charge in [0, 0.05) is 36.7 Å². The molecule has 2 atom stereocenters. The predicted octanol–water partition coefficient (Wildman–Crippen LogP) is 9.11. The van der Waals surface area contributed by atoms with E-state index in [1.165, 1.54) is 6.08 Å². The van der Waals surface area contributed by atoms with E-state index in [4.69, 9.17) is 68.5 Å². The zero-order valence-electron chi connectivity index (χ0n) is 24.1. The van der Waals surface area contributed by atoms with Crippen molar-refractivity contribution < 1.29 is 9.53 Å². The summed E-state index contributed by atoms with van der Waals surface area (Å²) in [4.78, 5) is 24.7. The third-order valence-electron chi connectivity index (χ3n) is 6.28. The van der Waals surface area contributed by atoms with Crippen LogP contribution >= 0.6 is 58.0 Å². The third kappa shape index (κ3) is 14.2. The van der Waals surface area contributed by atoms with Gasteiger partial charge in [-0.2, -0.15) is 0 Å². The molecule has 0 saturated carbocycles. The Hall–Kier alpha value is -3.20. The monoisotopic (exact) mass is 738 g/mol. The van der Waals surface area contributed by atoms with Crippen molar-refractivity contribution in [1.82, 2.24) is 15.3 Å². The lowest BCUT2D eigenvalue weighted by Gasteiger charge is -2.21. The number of ether oxygens (including phenoxy) is 1. The molecule has 0 bridgehead atoms. The van der Waals surface area contributed by atoms with Crippen LogP contribution in [0, 0.1) is 0 Å². The Kier molecular flexibility index (Phi) is 20.6. The molecule has 2 aromatic heterocycles. The van der Waals surface area contributed by atoms with Crippen molar-refractivity contribution in [3.8, 4) is 0 Å². The Balaban J connectivity index is 0.000000395. The number of nitrogens with one attached hydrogen (secondary N) is 1. The molecule has 4 aromatic rings. The first-order chi connectivity index (χ1) is 21.8. The average Bonchev–Trinajstić information content (AvgIpc) is 3.57. The van der Waals surface area contributed by atoms with Crippen molar-refractivity contribution in [1.29, 1.82) is 0 Å². The van der Waals surface area contributed by atoms with Crippen LogP contribution in [0.15, 0.2) is 95.4 Å². The molecule has 0 amide bonds. The fourth-order valence-corrected chi connectivity index (χ4v) is 5.10. The molecule has 2 unspecified atom stereocenters. The highest BCUT2D eigenvalue weighted by Crippen LogP contribution is 2.32. The highest BCUT2D eigenvalue weighted by Gasteiger charge is 2.20. The average molecular weight is 741 g/mol. The number of hydrogen-bond acceptors (Lipinski definition) is 8. The maximum atomic E-state index is 9.21. The van der Waals surface area contributed by atoms with Crippen LogP contribution in [0.4, 0.5) is 0 Å². The Morgan fingerprint density at radius 1 is 0.830 bits per heavy atom. The number of pyridine rings is 2. The molecule has 1 aliphatic heterocycles. The maximum Gasteiger partial charge on any atom is 0.285 e. The van der Waals surface area contributed by atoms with Gasteiger partial charge in [-0.15, -0.1) is 11.6 Å². The second-order valence-electron chi connectivity index (χ2n) is 9.41. The first-order valence-electron chi connectivity index (χ1n) is 13.8. The molecule has 0 saturated heterocycles. The van der Waals surface area contributed by atoms with E-state index < -0.39 is 0 Å². The number of nitrogens with two attached hydrogens (primary N) is 1. The molecular weight excluding hydrogens is 702 g/mol. The van der Waals surface area contributed by atoms with Gasteiger partial charge in [-0.25, -0.2) is 14.8 Å². The van der Waals surface area contributed by atoms with E-state index in [2.05, 4.69) is 25.3 Å². The van der Waals surface area contributed by atoms with Gasteiger partial charge in [-0.3, -0.25) is 9.97 Å². The van der Waals surface area contributed by atoms with Crippen molar-refractivity contribution in [2.75, 3.05) is 25.6 Å². The normalized spacial score (nSPS) is 12.4. The molecule has 0 radical (unpaired) electrons. The van der Waals surface area contributed by atoms with Crippen LogP contribution in [0.25, 0.3) is 0 Å². The highest BCUT2D eigenvalue weighted by atomic mass is 35.5. The molecule has 1 aliphatic rings. The van der Waals surface area contributed by atoms with Crippen LogP contribution < -0.4 is 11.1 Å². The van der Waals surface area contributed by atoms with Gasteiger partial charge in [0.15, 0.2) is 0 Å². The molecule has 0 spiro atoms. The number of nitrogens with zero attached hydrogens (tertiary/aromatic N) is 4. The lowest BCUT2D eigenvalue weighted by Crippen LogP contribution is -2.30. The van der Waals surface area contributed by atoms with Crippen LogP contribution in [0.2, 0.25) is 20.1 Å². The summed E-state index contributed by atoms with van der Waals surface area (Å²) in [6, 6.07) is 19.3. The molecule has 5 rings (SSSR count). The smallest absolute Gasteiger partial charge is 0.285 e. The molecule has 47 heavy (non-hydrogen) atoms. The topological polar surface area (TPSA) is 115 Å². The summed E-state index contributed by atoms with van der Waals surface area (Å²) in [7, 11) is 0. The quantitative estimate of drug-likeness (QED) is 0.101. The molecular formula is C34H39Cl5N6O2. The van der Waals surface area contributed by atoms with Gasteiger partial charge in [0.25, 0.3) is 6.02 Å². The number of rotatable bonds is 9. The summed E-state index contributed by atoms with van der Waals surface area (Å²) in [6.45, 7) is 1.66. The molecule has 2 aromatic carbocycles. The molecule has 13 heteroatoms. The minimum atomic E-state index is -0.163. The number of aromatic nitrogens is 2. The summed E-state index contributed by atoms with van der Waals surface area (Å²) in [6.07, 6.45) is 9.85. The van der Waals surface area contributed by atoms with E-state index in [0.29, 0.717) is 58.1 Å². The van der Waals surface area contributed by atoms with Crippen molar-refractivity contribution in [3.05, 3.63) is 128 Å². The summed E-state index contributed by atoms with van der Waals surface area (Å²) < 4.78 is 5.46. The van der Waals surface area contributed by atoms with E-state index in [1.54, 1.807) is 36.9 Å². The summed E-state index contributed by atoms with van der Waals surface area (Å²) in [5.74, 6) is 0.398. The van der Waals surface area contributed by atoms with Gasteiger partial charge in [0.1, 0.15) is 6.61 Å². The SMILES string of the molecule is C.C.Clc1cccc(C(Cc2ccncc2)NC2=NCCO2)c1Cl.NC(Cc1ccncc1)c1cccc(Cl)c1Cl.O=C=NCCCl. The van der Waals surface area contributed by atoms with Crippen LogP contribution in [0.5, 0.6) is 0 Å². The molecule has 0 fully saturated rings. The van der Waals surface area contributed by atoms with Gasteiger partial charge >= 0.3 is 0 Å². The van der Waals surface area contributed by atoms with Gasteiger partial charge in [0.2, 0.25) is 6.08 Å². The highest BCUT2D eigenvalue weighted by molar-refractivity contribution is 6.43. The van der Waals surface area contributed by atoms with Gasteiger partial charge in [-0.05, 0) is 71.5 Å². The van der Waals surface area contributed by atoms with E-state index in [1.807, 2.05) is 48.5 Å². The van der Waals surface area contributed by atoms with Gasteiger partial charge in [-0.1, -0.05) is 85.5 Å². The number of amidine groups is 1. The van der Waals surface area contributed by atoms with Crippen LogP contribution in [-0.4, -0.2) is 47.6 Å². The Labute approximate surface area is 302 Å². The van der Waals surface area contributed by atoms with E-state index in [-0.39, 0.29) is 26.9 Å². The lowest BCUT2D eigenvalue weighted by atomic mass is 9.99. The number of hydrogen-bond donors (Lipinski definition) is 2. The summed E-state index contributed by atoms with van der Waals surface area (Å²) in [5, 5.41) is 5.47. The number of aliphatic imine (C=N–C) groups is 2. The third-order valence-corrected chi connectivity index (χ3v) is 8.11. The zero-order valence-corrected chi connectivity index (χ0v) is 27.8. The number of isocyanates is 1. The second kappa shape index (κ2) is 23.2. The molecule has 0 aliphatic carbocycles. The van der Waals surface area contributed by atoms with Crippen molar-refractivity contribution in [3.63, 3.8) is 0 Å². The lowest BCUT2D eigenvalue weighted by molar-refractivity contribution is 0.325. The van der Waals surface area contributed by atoms with Crippen molar-refractivity contribution >= 4 is 70.1 Å². The molecule has 3 heterocycles. The number of halogens is 5. The fraction of sp³-hybridized carbons (Fsp3) is 0.294. The summed E-state index contributed by atoms with van der Waals surface area (Å²) >= 11 is 29.7. The fourth-order valence-electron chi connectivity index (χ4n) is 4.13.